The zero-order chi connectivity index (χ0) is 17.3. The molecule has 2 aliphatic heterocycles. The average molecular weight is 347 g/mol. The standard InChI is InChI=1S/C19H29N3O3/c20-19(21-9-3-10-24-14-15-6-11-23-12-7-15)22-17-8-13-25-18-5-2-1-4-16(17)18/h1-2,4-5,15,17H,3,6-14H2,(H3,20,21,22). The van der Waals surface area contributed by atoms with E-state index in [1.54, 1.807) is 0 Å². The Bertz CT molecular complexity index is 559. The Morgan fingerprint density at radius 1 is 1.20 bits per heavy atom. The third-order valence-electron chi connectivity index (χ3n) is 4.70. The van der Waals surface area contributed by atoms with Gasteiger partial charge in [-0.05, 0) is 31.2 Å². The molecule has 0 bridgehead atoms. The lowest BCUT2D eigenvalue weighted by Gasteiger charge is -2.26. The van der Waals surface area contributed by atoms with Crippen molar-refractivity contribution >= 4 is 5.96 Å². The van der Waals surface area contributed by atoms with Gasteiger partial charge in [0.05, 0.1) is 12.6 Å². The van der Waals surface area contributed by atoms with Crippen LogP contribution < -0.4 is 15.8 Å². The Labute approximate surface area is 149 Å². The van der Waals surface area contributed by atoms with Gasteiger partial charge in [-0.25, -0.2) is 0 Å². The van der Waals surface area contributed by atoms with E-state index in [-0.39, 0.29) is 6.04 Å². The van der Waals surface area contributed by atoms with Gasteiger partial charge in [-0.3, -0.25) is 4.99 Å². The molecule has 1 atom stereocenters. The Kier molecular flexibility index (Phi) is 6.94. The number of para-hydroxylation sites is 1. The number of nitrogens with two attached hydrogens (primary N) is 1. The van der Waals surface area contributed by atoms with Crippen molar-refractivity contribution in [3.8, 4) is 5.75 Å². The minimum absolute atomic E-state index is 0.165. The highest BCUT2D eigenvalue weighted by Crippen LogP contribution is 2.31. The summed E-state index contributed by atoms with van der Waals surface area (Å²) in [7, 11) is 0. The summed E-state index contributed by atoms with van der Waals surface area (Å²) in [6.45, 7) is 4.68. The van der Waals surface area contributed by atoms with Crippen LogP contribution in [0.25, 0.3) is 0 Å². The smallest absolute Gasteiger partial charge is 0.189 e. The number of rotatable bonds is 7. The van der Waals surface area contributed by atoms with Gasteiger partial charge in [-0.15, -0.1) is 0 Å². The quantitative estimate of drug-likeness (QED) is 0.449. The first-order valence-corrected chi connectivity index (χ1v) is 9.26. The summed E-state index contributed by atoms with van der Waals surface area (Å²) in [6.07, 6.45) is 4.00. The maximum atomic E-state index is 6.04. The monoisotopic (exact) mass is 347 g/mol. The number of nitrogens with one attached hydrogen (secondary N) is 1. The number of guanidine groups is 1. The minimum Gasteiger partial charge on any atom is -0.493 e. The second-order valence-corrected chi connectivity index (χ2v) is 6.62. The summed E-state index contributed by atoms with van der Waals surface area (Å²) in [6, 6.07) is 8.23. The van der Waals surface area contributed by atoms with Gasteiger partial charge < -0.3 is 25.3 Å². The van der Waals surface area contributed by atoms with Gasteiger partial charge in [0.15, 0.2) is 5.96 Å². The molecule has 1 aromatic carbocycles. The molecule has 25 heavy (non-hydrogen) atoms. The van der Waals surface area contributed by atoms with E-state index < -0.39 is 0 Å². The maximum Gasteiger partial charge on any atom is 0.189 e. The van der Waals surface area contributed by atoms with Gasteiger partial charge >= 0.3 is 0 Å². The van der Waals surface area contributed by atoms with Crippen LogP contribution in [0, 0.1) is 5.92 Å². The van der Waals surface area contributed by atoms with Crippen LogP contribution in [0.3, 0.4) is 0 Å². The first-order chi connectivity index (χ1) is 12.3. The summed E-state index contributed by atoms with van der Waals surface area (Å²) in [5.74, 6) is 2.07. The number of benzene rings is 1. The molecule has 0 saturated carbocycles. The Morgan fingerprint density at radius 3 is 2.92 bits per heavy atom. The lowest BCUT2D eigenvalue weighted by Crippen LogP contribution is -2.37. The lowest BCUT2D eigenvalue weighted by atomic mass is 10.0. The largest absolute Gasteiger partial charge is 0.493 e. The number of fused-ring (bicyclic) bond motifs is 1. The molecule has 138 valence electrons. The Hall–Kier alpha value is -1.79. The van der Waals surface area contributed by atoms with Crippen LogP contribution in [0.15, 0.2) is 29.3 Å². The molecule has 1 aromatic rings. The summed E-state index contributed by atoms with van der Waals surface area (Å²) in [5.41, 5.74) is 7.18. The topological polar surface area (TPSA) is 78.1 Å². The van der Waals surface area contributed by atoms with Crippen LogP contribution in [-0.4, -0.2) is 45.5 Å². The molecule has 0 radical (unpaired) electrons. The molecule has 0 aliphatic carbocycles. The summed E-state index contributed by atoms with van der Waals surface area (Å²) < 4.78 is 16.8. The van der Waals surface area contributed by atoms with Crippen molar-refractivity contribution in [2.24, 2.45) is 16.6 Å². The maximum absolute atomic E-state index is 6.04. The van der Waals surface area contributed by atoms with Crippen molar-refractivity contribution < 1.29 is 14.2 Å². The number of nitrogens with zero attached hydrogens (tertiary/aromatic N) is 1. The lowest BCUT2D eigenvalue weighted by molar-refractivity contribution is 0.0205. The predicted molar refractivity (Wildman–Crippen MR) is 97.9 cm³/mol. The average Bonchev–Trinajstić information content (AvgIpc) is 2.66. The Morgan fingerprint density at radius 2 is 2.04 bits per heavy atom. The van der Waals surface area contributed by atoms with Crippen molar-refractivity contribution in [3.63, 3.8) is 0 Å². The van der Waals surface area contributed by atoms with Crippen molar-refractivity contribution in [1.29, 1.82) is 0 Å². The first kappa shape index (κ1) is 18.0. The van der Waals surface area contributed by atoms with Gasteiger partial charge in [0.1, 0.15) is 5.75 Å². The third-order valence-corrected chi connectivity index (χ3v) is 4.70. The normalized spacial score (nSPS) is 21.4. The van der Waals surface area contributed by atoms with Crippen molar-refractivity contribution in [2.45, 2.75) is 31.7 Å². The molecule has 6 nitrogen and oxygen atoms in total. The molecule has 1 fully saturated rings. The Balaban J connectivity index is 1.34. The van der Waals surface area contributed by atoms with E-state index >= 15 is 0 Å². The highest BCUT2D eigenvalue weighted by Gasteiger charge is 2.21. The molecule has 0 aromatic heterocycles. The van der Waals surface area contributed by atoms with Crippen LogP contribution in [0.5, 0.6) is 5.75 Å². The van der Waals surface area contributed by atoms with E-state index in [0.29, 0.717) is 25.0 Å². The molecule has 6 heteroatoms. The zero-order valence-electron chi connectivity index (χ0n) is 14.8. The number of hydrogen-bond acceptors (Lipinski definition) is 4. The SMILES string of the molecule is NC(=NCCCOCC1CCOCC1)NC1CCOc2ccccc21. The second-order valence-electron chi connectivity index (χ2n) is 6.62. The van der Waals surface area contributed by atoms with E-state index in [1.807, 2.05) is 18.2 Å². The molecule has 2 aliphatic rings. The summed E-state index contributed by atoms with van der Waals surface area (Å²) in [4.78, 5) is 4.42. The highest BCUT2D eigenvalue weighted by atomic mass is 16.5. The molecule has 2 heterocycles. The van der Waals surface area contributed by atoms with Crippen molar-refractivity contribution in [2.75, 3.05) is 39.6 Å². The molecule has 3 rings (SSSR count). The number of aliphatic imine (C=N–C) groups is 1. The zero-order valence-corrected chi connectivity index (χ0v) is 14.8. The van der Waals surface area contributed by atoms with E-state index in [0.717, 1.165) is 63.4 Å². The van der Waals surface area contributed by atoms with Gasteiger partial charge in [0.2, 0.25) is 0 Å². The van der Waals surface area contributed by atoms with E-state index in [4.69, 9.17) is 19.9 Å². The summed E-state index contributed by atoms with van der Waals surface area (Å²) >= 11 is 0. The molecule has 1 saturated heterocycles. The molecule has 1 unspecified atom stereocenters. The van der Waals surface area contributed by atoms with Gasteiger partial charge in [-0.2, -0.15) is 0 Å². The van der Waals surface area contributed by atoms with Crippen LogP contribution in [0.4, 0.5) is 0 Å². The fourth-order valence-electron chi connectivity index (χ4n) is 3.25. The second kappa shape index (κ2) is 9.63. The van der Waals surface area contributed by atoms with Gasteiger partial charge in [0.25, 0.3) is 0 Å². The molecule has 0 amide bonds. The van der Waals surface area contributed by atoms with Crippen LogP contribution in [0.1, 0.15) is 37.3 Å². The van der Waals surface area contributed by atoms with E-state index in [1.165, 1.54) is 0 Å². The van der Waals surface area contributed by atoms with Crippen LogP contribution >= 0.6 is 0 Å². The highest BCUT2D eigenvalue weighted by molar-refractivity contribution is 5.78. The fourth-order valence-corrected chi connectivity index (χ4v) is 3.25. The van der Waals surface area contributed by atoms with Gasteiger partial charge in [-0.1, -0.05) is 18.2 Å². The molecule has 3 N–H and O–H groups in total. The molecular formula is C19H29N3O3. The number of hydrogen-bond donors (Lipinski definition) is 2. The molecular weight excluding hydrogens is 318 g/mol. The van der Waals surface area contributed by atoms with Crippen LogP contribution in [-0.2, 0) is 9.47 Å². The van der Waals surface area contributed by atoms with Crippen LogP contribution in [0.2, 0.25) is 0 Å². The third kappa shape index (κ3) is 5.61. The number of ether oxygens (including phenoxy) is 3. The van der Waals surface area contributed by atoms with Crippen molar-refractivity contribution in [3.05, 3.63) is 29.8 Å². The first-order valence-electron chi connectivity index (χ1n) is 9.26. The van der Waals surface area contributed by atoms with Gasteiger partial charge in [0, 0.05) is 45.0 Å². The molecule has 0 spiro atoms. The minimum atomic E-state index is 0.165. The summed E-state index contributed by atoms with van der Waals surface area (Å²) in [5, 5.41) is 3.31. The van der Waals surface area contributed by atoms with Crippen molar-refractivity contribution in [1.82, 2.24) is 5.32 Å². The predicted octanol–water partition coefficient (Wildman–Crippen LogP) is 2.25. The van der Waals surface area contributed by atoms with E-state index in [2.05, 4.69) is 16.4 Å². The fraction of sp³-hybridized carbons (Fsp3) is 0.632. The van der Waals surface area contributed by atoms with E-state index in [9.17, 15) is 0 Å².